The molecule has 1 N–H and O–H groups in total. The van der Waals surface area contributed by atoms with E-state index in [1.54, 1.807) is 0 Å². The van der Waals surface area contributed by atoms with Crippen molar-refractivity contribution in [2.24, 2.45) is 5.92 Å². The third-order valence-electron chi connectivity index (χ3n) is 4.25. The van der Waals surface area contributed by atoms with Crippen molar-refractivity contribution >= 4 is 0 Å². The Kier molecular flexibility index (Phi) is 6.57. The van der Waals surface area contributed by atoms with Crippen LogP contribution in [0.3, 0.4) is 0 Å². The van der Waals surface area contributed by atoms with Crippen LogP contribution in [0.15, 0.2) is 12.1 Å². The van der Waals surface area contributed by atoms with Gasteiger partial charge in [-0.25, -0.2) is 0 Å². The lowest BCUT2D eigenvalue weighted by Crippen LogP contribution is -2.23. The molecule has 108 valence electrons. The molecule has 2 atom stereocenters. The first kappa shape index (κ1) is 16.2. The molecular formula is C18H30O. The molecule has 1 rings (SSSR count). The summed E-state index contributed by atoms with van der Waals surface area (Å²) in [5, 5.41) is 10.5. The average molecular weight is 262 g/mol. The monoisotopic (exact) mass is 262 g/mol. The van der Waals surface area contributed by atoms with Crippen molar-refractivity contribution in [1.82, 2.24) is 0 Å². The van der Waals surface area contributed by atoms with Crippen molar-refractivity contribution in [1.29, 1.82) is 0 Å². The molecule has 0 aliphatic rings. The van der Waals surface area contributed by atoms with E-state index in [9.17, 15) is 5.11 Å². The lowest BCUT2D eigenvalue weighted by atomic mass is 9.87. The molecule has 1 aromatic rings. The first-order valence-electron chi connectivity index (χ1n) is 7.74. The summed E-state index contributed by atoms with van der Waals surface area (Å²) in [6.07, 6.45) is 5.27. The Labute approximate surface area is 119 Å². The van der Waals surface area contributed by atoms with Gasteiger partial charge in [-0.15, -0.1) is 0 Å². The zero-order chi connectivity index (χ0) is 14.4. The van der Waals surface area contributed by atoms with Crippen molar-refractivity contribution in [2.45, 2.75) is 72.8 Å². The highest BCUT2D eigenvalue weighted by Crippen LogP contribution is 2.24. The van der Waals surface area contributed by atoms with E-state index < -0.39 is 0 Å². The highest BCUT2D eigenvalue weighted by atomic mass is 16.3. The molecular weight excluding hydrogens is 232 g/mol. The van der Waals surface area contributed by atoms with Crippen LogP contribution in [0, 0.1) is 26.7 Å². The van der Waals surface area contributed by atoms with Crippen LogP contribution in [0.1, 0.15) is 61.8 Å². The van der Waals surface area contributed by atoms with E-state index in [2.05, 4.69) is 46.8 Å². The first-order valence-corrected chi connectivity index (χ1v) is 7.74. The highest BCUT2D eigenvalue weighted by molar-refractivity contribution is 5.37. The molecule has 0 radical (unpaired) electrons. The summed E-state index contributed by atoms with van der Waals surface area (Å²) in [4.78, 5) is 0. The van der Waals surface area contributed by atoms with Gasteiger partial charge < -0.3 is 5.11 Å². The summed E-state index contributed by atoms with van der Waals surface area (Å²) in [7, 11) is 0. The summed E-state index contributed by atoms with van der Waals surface area (Å²) in [6, 6.07) is 4.45. The average Bonchev–Trinajstić information content (AvgIpc) is 2.34. The smallest absolute Gasteiger partial charge is 0.0608 e. The quantitative estimate of drug-likeness (QED) is 0.753. The lowest BCUT2D eigenvalue weighted by molar-refractivity contribution is 0.0984. The lowest BCUT2D eigenvalue weighted by Gasteiger charge is -2.23. The van der Waals surface area contributed by atoms with Gasteiger partial charge >= 0.3 is 0 Å². The molecule has 0 saturated heterocycles. The molecule has 19 heavy (non-hydrogen) atoms. The van der Waals surface area contributed by atoms with Crippen molar-refractivity contribution in [3.63, 3.8) is 0 Å². The zero-order valence-corrected chi connectivity index (χ0v) is 13.3. The number of benzene rings is 1. The van der Waals surface area contributed by atoms with Gasteiger partial charge in [0.25, 0.3) is 0 Å². The predicted octanol–water partition coefficient (Wildman–Crippen LogP) is 4.73. The number of hydrogen-bond donors (Lipinski definition) is 1. The minimum absolute atomic E-state index is 0.198. The first-order chi connectivity index (χ1) is 8.99. The van der Waals surface area contributed by atoms with Crippen LogP contribution < -0.4 is 0 Å². The molecule has 0 aromatic heterocycles. The standard InChI is InChI=1S/C18H30O/c1-6-8-9-16(7-2)18(19)12-17-14(4)10-13(3)11-15(17)5/h10-11,16,18-19H,6-9,12H2,1-5H3. The summed E-state index contributed by atoms with van der Waals surface area (Å²) in [6.45, 7) is 10.9. The molecule has 0 amide bonds. The van der Waals surface area contributed by atoms with Crippen LogP contribution in [0.4, 0.5) is 0 Å². The third kappa shape index (κ3) is 4.65. The molecule has 0 bridgehead atoms. The van der Waals surface area contributed by atoms with Gasteiger partial charge in [0.15, 0.2) is 0 Å². The number of aliphatic hydroxyl groups is 1. The second kappa shape index (κ2) is 7.69. The summed E-state index contributed by atoms with van der Waals surface area (Å²) >= 11 is 0. The fraction of sp³-hybridized carbons (Fsp3) is 0.667. The Morgan fingerprint density at radius 1 is 1.05 bits per heavy atom. The van der Waals surface area contributed by atoms with Crippen LogP contribution in [-0.4, -0.2) is 11.2 Å². The maximum Gasteiger partial charge on any atom is 0.0608 e. The normalized spacial score (nSPS) is 14.4. The molecule has 1 nitrogen and oxygen atoms in total. The Balaban J connectivity index is 2.77. The molecule has 0 aliphatic carbocycles. The van der Waals surface area contributed by atoms with Crippen molar-refractivity contribution in [3.05, 3.63) is 34.4 Å². The van der Waals surface area contributed by atoms with Gasteiger partial charge in [-0.3, -0.25) is 0 Å². The van der Waals surface area contributed by atoms with Gasteiger partial charge in [0.1, 0.15) is 0 Å². The van der Waals surface area contributed by atoms with Crippen LogP contribution in [0.2, 0.25) is 0 Å². The maximum absolute atomic E-state index is 10.5. The van der Waals surface area contributed by atoms with Crippen LogP contribution >= 0.6 is 0 Å². The Morgan fingerprint density at radius 2 is 1.63 bits per heavy atom. The Bertz CT molecular complexity index is 372. The number of unbranched alkanes of at least 4 members (excludes halogenated alkanes) is 1. The van der Waals surface area contributed by atoms with Crippen LogP contribution in [-0.2, 0) is 6.42 Å². The topological polar surface area (TPSA) is 20.2 Å². The van der Waals surface area contributed by atoms with Crippen molar-refractivity contribution < 1.29 is 5.11 Å². The summed E-state index contributed by atoms with van der Waals surface area (Å²) in [5.74, 6) is 0.444. The molecule has 0 fully saturated rings. The molecule has 2 unspecified atom stereocenters. The molecule has 0 heterocycles. The van der Waals surface area contributed by atoms with Crippen LogP contribution in [0.5, 0.6) is 0 Å². The van der Waals surface area contributed by atoms with Gasteiger partial charge in [-0.1, -0.05) is 50.8 Å². The summed E-state index contributed by atoms with van der Waals surface area (Å²) < 4.78 is 0. The van der Waals surface area contributed by atoms with Gasteiger partial charge in [-0.05, 0) is 56.2 Å². The van der Waals surface area contributed by atoms with Gasteiger partial charge in [-0.2, -0.15) is 0 Å². The van der Waals surface area contributed by atoms with Gasteiger partial charge in [0.2, 0.25) is 0 Å². The molecule has 0 aliphatic heterocycles. The third-order valence-corrected chi connectivity index (χ3v) is 4.25. The van der Waals surface area contributed by atoms with E-state index in [1.807, 2.05) is 0 Å². The van der Waals surface area contributed by atoms with E-state index in [-0.39, 0.29) is 6.10 Å². The Hall–Kier alpha value is -0.820. The fourth-order valence-corrected chi connectivity index (χ4v) is 3.04. The van der Waals surface area contributed by atoms with Crippen molar-refractivity contribution in [3.8, 4) is 0 Å². The van der Waals surface area contributed by atoms with E-state index in [1.165, 1.54) is 35.1 Å². The Morgan fingerprint density at radius 3 is 2.11 bits per heavy atom. The van der Waals surface area contributed by atoms with Gasteiger partial charge in [0, 0.05) is 0 Å². The summed E-state index contributed by atoms with van der Waals surface area (Å²) in [5.41, 5.74) is 5.29. The number of rotatable bonds is 7. The van der Waals surface area contributed by atoms with E-state index in [0.29, 0.717) is 5.92 Å². The predicted molar refractivity (Wildman–Crippen MR) is 83.7 cm³/mol. The van der Waals surface area contributed by atoms with E-state index >= 15 is 0 Å². The molecule has 0 saturated carbocycles. The number of aryl methyl sites for hydroxylation is 3. The number of hydrogen-bond acceptors (Lipinski definition) is 1. The minimum atomic E-state index is -0.198. The second-order valence-corrected chi connectivity index (χ2v) is 5.96. The minimum Gasteiger partial charge on any atom is -0.392 e. The highest BCUT2D eigenvalue weighted by Gasteiger charge is 2.19. The number of aliphatic hydroxyl groups excluding tert-OH is 1. The van der Waals surface area contributed by atoms with E-state index in [4.69, 9.17) is 0 Å². The maximum atomic E-state index is 10.5. The molecule has 1 aromatic carbocycles. The zero-order valence-electron chi connectivity index (χ0n) is 13.3. The second-order valence-electron chi connectivity index (χ2n) is 5.96. The van der Waals surface area contributed by atoms with Crippen molar-refractivity contribution in [2.75, 3.05) is 0 Å². The largest absolute Gasteiger partial charge is 0.392 e. The van der Waals surface area contributed by atoms with Crippen LogP contribution in [0.25, 0.3) is 0 Å². The molecule has 0 spiro atoms. The molecule has 1 heteroatoms. The van der Waals surface area contributed by atoms with E-state index in [0.717, 1.165) is 19.3 Å². The van der Waals surface area contributed by atoms with Gasteiger partial charge in [0.05, 0.1) is 6.10 Å². The fourth-order valence-electron chi connectivity index (χ4n) is 3.04. The SMILES string of the molecule is CCCCC(CC)C(O)Cc1c(C)cc(C)cc1C.